The van der Waals surface area contributed by atoms with Gasteiger partial charge in [-0.3, -0.25) is 50.2 Å². The van der Waals surface area contributed by atoms with Gasteiger partial charge in [0.15, 0.2) is 62.4 Å². The molecule has 104 heavy (non-hydrogen) atoms. The fourth-order valence-electron chi connectivity index (χ4n) is 4.00. The first-order chi connectivity index (χ1) is 47.3. The van der Waals surface area contributed by atoms with E-state index in [9.17, 15) is 117 Å². The largest absolute Gasteiger partial charge is 0.539 e. The quantitative estimate of drug-likeness (QED) is 0.0257. The minimum absolute atomic E-state index is 0.00309. The number of rotatable bonds is 21. The van der Waals surface area contributed by atoms with Crippen LogP contribution in [-0.4, -0.2) is 179 Å². The number of nitrogens with zero attached hydrogens (tertiary/aromatic N) is 13. The van der Waals surface area contributed by atoms with E-state index in [-0.39, 0.29) is 58.3 Å². The second kappa shape index (κ2) is 54.8. The summed E-state index contributed by atoms with van der Waals surface area (Å²) < 4.78 is 392. The minimum Gasteiger partial charge on any atom is -0.468 e. The van der Waals surface area contributed by atoms with Gasteiger partial charge in [0.25, 0.3) is 12.0 Å². The maximum absolute atomic E-state index is 12.0. The molecule has 0 aliphatic carbocycles. The van der Waals surface area contributed by atoms with Crippen molar-refractivity contribution in [3.05, 3.63) is 38.0 Å². The predicted molar refractivity (Wildman–Crippen MR) is 357 cm³/mol. The van der Waals surface area contributed by atoms with E-state index < -0.39 is 162 Å². The summed E-state index contributed by atoms with van der Waals surface area (Å²) in [6, 6.07) is -0.586. The molecule has 0 aromatic carbocycles. The molecule has 0 amide bonds. The third kappa shape index (κ3) is 70.6. The lowest BCUT2D eigenvalue weighted by atomic mass is 10.4. The average molecular weight is 1870 g/mol. The molecule has 614 valence electrons. The van der Waals surface area contributed by atoms with Crippen molar-refractivity contribution in [2.45, 2.75) is 12.2 Å². The van der Waals surface area contributed by atoms with E-state index in [0.29, 0.717) is 26.3 Å². The lowest BCUT2D eigenvalue weighted by molar-refractivity contribution is 0.293. The lowest BCUT2D eigenvalue weighted by Crippen LogP contribution is -2.23. The molecule has 5 saturated heterocycles. The van der Waals surface area contributed by atoms with Crippen LogP contribution in [0.1, 0.15) is 0 Å². The van der Waals surface area contributed by atoms with Crippen LogP contribution in [0.25, 0.3) is 0 Å². The Balaban J connectivity index is -0.000000541. The van der Waals surface area contributed by atoms with E-state index >= 15 is 0 Å². The number of hydrogen-bond donors (Lipinski definition) is 0. The van der Waals surface area contributed by atoms with Crippen LogP contribution in [0.2, 0.25) is 0 Å². The standard InChI is InChI=1S/C6H10F2NO3PS.C4H7F2N2O2P.C4H9F2N2O2P.C4H6F2NO3PS.C4H4F2NO3PS.C4H6F2NO3PS.C3H7F2N2O2PS.C3H9F2N2O2PS.C2H4F2NO3PS/c1-3-5-11-14(12-6-4-2)9-13(7,8)10;1-8-2-3-10-4(8)7-11(5,6)9;1-8(2)4(10-3)7-11(5,6)9;2*1-2-4-3-9-12(10-4)7-11(5,6)8;1-3-4-10-12(9-2)7-11(5,6)8;1-7-2-3-9-11(7)6-10(4,5)8;1-7(2)11(9-3)6-10(4,5)8;3-9(4,6)5-10-7-1-2-8-10/h3-4H,1-2,5-6H2;2-3H2,1H3;1-3H3;2,4H,1,3H2;1,4H,3H2;1H,4H2,2H3;2-3H2,1H3;1-3H3;1-2H2. The summed E-state index contributed by atoms with van der Waals surface area (Å²) in [4.78, 5) is 2.58. The highest BCUT2D eigenvalue weighted by Crippen LogP contribution is 2.56. The summed E-state index contributed by atoms with van der Waals surface area (Å²) >= 11 is -11.4. The molecular formula is C34H62F18N13O23P9S7. The van der Waals surface area contributed by atoms with Crippen LogP contribution in [0, 0.1) is 24.7 Å². The molecule has 5 fully saturated rings. The van der Waals surface area contributed by atoms with E-state index in [1.54, 1.807) is 14.1 Å². The van der Waals surface area contributed by atoms with Gasteiger partial charge in [-0.2, -0.15) is 0 Å². The Morgan fingerprint density at radius 1 is 0.567 bits per heavy atom. The van der Waals surface area contributed by atoms with Gasteiger partial charge < -0.3 is 19.3 Å². The first-order valence-electron chi connectivity index (χ1n) is 25.0. The Morgan fingerprint density at radius 2 is 1.03 bits per heavy atom. The number of halogens is 18. The van der Waals surface area contributed by atoms with Gasteiger partial charge in [-0.25, -0.2) is 49.7 Å². The Morgan fingerprint density at radius 3 is 1.33 bits per heavy atom. The highest BCUT2D eigenvalue weighted by molar-refractivity contribution is 7.85. The molecule has 36 nitrogen and oxygen atoms in total. The normalized spacial score (nSPS) is 20.7. The fraction of sp³-hybridized carbons (Fsp3) is 0.647. The smallest absolute Gasteiger partial charge is 0.468 e. The van der Waals surface area contributed by atoms with E-state index in [2.05, 4.69) is 107 Å². The summed E-state index contributed by atoms with van der Waals surface area (Å²) in [7, 11) is -35.9. The summed E-state index contributed by atoms with van der Waals surface area (Å²) in [5.41, 5.74) is 0. The number of likely N-dealkylation sites (N-methyl/N-ethyl adjacent to an activating group) is 2. The Bertz CT molecular complexity index is 3400. The van der Waals surface area contributed by atoms with E-state index in [1.807, 2.05) is 5.92 Å². The molecule has 0 aromatic rings. The molecule has 0 radical (unpaired) electrons. The van der Waals surface area contributed by atoms with Crippen molar-refractivity contribution in [3.63, 3.8) is 0 Å². The molecule has 7 unspecified atom stereocenters. The third-order valence-electron chi connectivity index (χ3n) is 7.33. The van der Waals surface area contributed by atoms with Crippen molar-refractivity contribution in [1.82, 2.24) is 18.4 Å². The van der Waals surface area contributed by atoms with Crippen LogP contribution in [-0.2, 0) is 179 Å². The third-order valence-corrected chi connectivity index (χ3v) is 22.8. The molecule has 5 aliphatic heterocycles. The molecule has 5 aliphatic rings. The van der Waals surface area contributed by atoms with Crippen molar-refractivity contribution in [2.75, 3.05) is 136 Å². The summed E-state index contributed by atoms with van der Waals surface area (Å²) in [6.45, 7) is 12.1. The Kier molecular flexibility index (Phi) is 57.1. The van der Waals surface area contributed by atoms with Gasteiger partial charge in [-0.15, -0.1) is 126 Å². The van der Waals surface area contributed by atoms with Crippen molar-refractivity contribution >= 4 is 162 Å². The second-order valence-electron chi connectivity index (χ2n) is 15.9. The van der Waals surface area contributed by atoms with Gasteiger partial charge in [0.2, 0.25) is 0 Å². The van der Waals surface area contributed by atoms with Crippen molar-refractivity contribution < 1.29 is 176 Å². The van der Waals surface area contributed by atoms with Gasteiger partial charge in [0.05, 0.1) is 67.5 Å². The second-order valence-corrected chi connectivity index (χ2v) is 36.1. The van der Waals surface area contributed by atoms with Gasteiger partial charge in [-0.1, -0.05) is 50.7 Å². The Hall–Kier alpha value is -1.82. The van der Waals surface area contributed by atoms with E-state index in [1.165, 1.54) is 79.0 Å². The topological polar surface area (TPSA) is 407 Å². The van der Waals surface area contributed by atoms with Crippen LogP contribution in [0.15, 0.2) is 76.4 Å². The monoisotopic (exact) mass is 1860 g/mol. The number of ether oxygens (including phenoxy) is 2. The number of amidine groups is 2. The van der Waals surface area contributed by atoms with E-state index in [4.69, 9.17) is 29.6 Å². The summed E-state index contributed by atoms with van der Waals surface area (Å²) in [6.07, 6.45) is 12.7. The number of hydrogen-bond acceptors (Lipinski definition) is 23. The first-order valence-corrected chi connectivity index (χ1v) is 45.2. The molecule has 0 bridgehead atoms. The highest BCUT2D eigenvalue weighted by Gasteiger charge is 2.30. The van der Waals surface area contributed by atoms with Crippen LogP contribution in [0.3, 0.4) is 0 Å². The van der Waals surface area contributed by atoms with Crippen LogP contribution in [0.5, 0.6) is 0 Å². The number of methoxy groups -OCH3 is 1. The molecule has 70 heteroatoms. The maximum atomic E-state index is 12.0. The van der Waals surface area contributed by atoms with E-state index in [0.717, 1.165) is 7.11 Å². The van der Waals surface area contributed by atoms with Gasteiger partial charge in [0.1, 0.15) is 48.2 Å². The lowest BCUT2D eigenvalue weighted by Gasteiger charge is -2.12. The SMILES string of the molecule is C#CC1COS(=NP(=O)(F)F)O1.C#CCOS(=NP(=O)(F)F)OC.C=CC1COS(=NP(=O)(F)F)O1.C=CCOS(=NP(=O)(F)F)OCC=C.CN1CCOC1=NP(=O)(F)F.CN1CCOS1=NP(=O)(F)F.COC(=NP(=O)(F)F)N(C)C.COS(=NP(=O)(F)F)N(C)C.O=P(F)(F)N=S1OCCO1. The van der Waals surface area contributed by atoms with Crippen molar-refractivity contribution in [3.8, 4) is 24.7 Å². The van der Waals surface area contributed by atoms with Crippen LogP contribution < -0.4 is 0 Å². The summed E-state index contributed by atoms with van der Waals surface area (Å²) in [5, 5.41) is 0. The maximum Gasteiger partial charge on any atom is 0.539 e. The molecule has 0 aromatic heterocycles. The molecule has 7 atom stereocenters. The molecule has 5 rings (SSSR count). The molecule has 0 saturated carbocycles. The first kappa shape index (κ1) is 109. The fourth-order valence-corrected chi connectivity index (χ4v) is 16.1. The van der Waals surface area contributed by atoms with Crippen molar-refractivity contribution in [1.29, 1.82) is 0 Å². The number of terminal acetylenes is 2. The molecule has 0 N–H and O–H groups in total. The average Bonchev–Trinajstić information content (AvgIpc) is 1.70. The molecule has 0 spiro atoms. The van der Waals surface area contributed by atoms with Crippen LogP contribution in [0.4, 0.5) is 75.5 Å². The van der Waals surface area contributed by atoms with Crippen molar-refractivity contribution in [2.24, 2.45) is 38.5 Å². The zero-order chi connectivity index (χ0) is 81.7. The minimum atomic E-state index is -5.48. The summed E-state index contributed by atoms with van der Waals surface area (Å²) in [5.74, 6) is 4.17. The highest BCUT2D eigenvalue weighted by atomic mass is 32.2. The zero-order valence-electron chi connectivity index (χ0n) is 53.8. The zero-order valence-corrected chi connectivity index (χ0v) is 67.6. The predicted octanol–water partition coefficient (Wildman–Crippen LogP) is 17.2. The molecular weight excluding hydrogens is 1800 g/mol. The van der Waals surface area contributed by atoms with Gasteiger partial charge in [0, 0.05) is 48.8 Å². The Labute approximate surface area is 602 Å². The van der Waals surface area contributed by atoms with Gasteiger partial charge >= 0.3 is 71.2 Å². The van der Waals surface area contributed by atoms with Gasteiger partial charge in [-0.05, 0) is 0 Å². The molecule has 5 heterocycles. The van der Waals surface area contributed by atoms with Crippen LogP contribution >= 0.6 is 71.2 Å².